The minimum atomic E-state index is -1.18. The Labute approximate surface area is 122 Å². The van der Waals surface area contributed by atoms with Crippen LogP contribution in [0.15, 0.2) is 21.2 Å². The normalized spacial score (nSPS) is 11.7. The fourth-order valence-electron chi connectivity index (χ4n) is 1.22. The van der Waals surface area contributed by atoms with Crippen LogP contribution in [0.5, 0.6) is 0 Å². The predicted molar refractivity (Wildman–Crippen MR) is 70.2 cm³/mol. The first-order chi connectivity index (χ1) is 9.43. The zero-order valence-corrected chi connectivity index (χ0v) is 12.1. The molecule has 1 aromatic rings. The van der Waals surface area contributed by atoms with E-state index in [-0.39, 0.29) is 18.8 Å². The highest BCUT2D eigenvalue weighted by Gasteiger charge is 2.17. The molecule has 2 amide bonds. The Morgan fingerprint density at radius 3 is 2.60 bits per heavy atom. The van der Waals surface area contributed by atoms with Crippen molar-refractivity contribution in [2.24, 2.45) is 0 Å². The Hall–Kier alpha value is -1.87. The van der Waals surface area contributed by atoms with Crippen molar-refractivity contribution in [2.45, 2.75) is 6.10 Å². The molecular formula is C11H13BrN2O6. The van der Waals surface area contributed by atoms with Crippen molar-refractivity contribution >= 4 is 33.7 Å². The molecule has 0 radical (unpaired) electrons. The van der Waals surface area contributed by atoms with Crippen LogP contribution in [-0.2, 0) is 14.3 Å². The number of aliphatic carboxylic acids is 1. The molecular weight excluding hydrogens is 336 g/mol. The van der Waals surface area contributed by atoms with Crippen LogP contribution in [0.3, 0.4) is 0 Å². The van der Waals surface area contributed by atoms with Gasteiger partial charge in [-0.15, -0.1) is 0 Å². The van der Waals surface area contributed by atoms with Gasteiger partial charge in [-0.25, -0.2) is 4.79 Å². The fourth-order valence-corrected chi connectivity index (χ4v) is 1.53. The van der Waals surface area contributed by atoms with Gasteiger partial charge in [-0.05, 0) is 28.1 Å². The molecule has 20 heavy (non-hydrogen) atoms. The molecule has 1 unspecified atom stereocenters. The summed E-state index contributed by atoms with van der Waals surface area (Å²) in [5.74, 6) is -2.21. The number of furan rings is 1. The SMILES string of the molecule is COC(CNC(=O)CNC(=O)c1ccc(Br)o1)C(=O)O. The van der Waals surface area contributed by atoms with Crippen LogP contribution >= 0.6 is 15.9 Å². The van der Waals surface area contributed by atoms with Gasteiger partial charge in [-0.1, -0.05) is 0 Å². The summed E-state index contributed by atoms with van der Waals surface area (Å²) in [6.45, 7) is -0.486. The number of carbonyl (C=O) groups excluding carboxylic acids is 2. The molecule has 0 saturated carbocycles. The Bertz CT molecular complexity index is 501. The van der Waals surface area contributed by atoms with E-state index in [1.807, 2.05) is 0 Å². The maximum absolute atomic E-state index is 11.5. The largest absolute Gasteiger partial charge is 0.479 e. The van der Waals surface area contributed by atoms with Gasteiger partial charge in [0.05, 0.1) is 13.1 Å². The number of methoxy groups -OCH3 is 1. The lowest BCUT2D eigenvalue weighted by molar-refractivity contribution is -0.148. The topological polar surface area (TPSA) is 118 Å². The summed E-state index contributed by atoms with van der Waals surface area (Å²) in [6, 6.07) is 2.99. The van der Waals surface area contributed by atoms with E-state index in [4.69, 9.17) is 9.52 Å². The average Bonchev–Trinajstić information content (AvgIpc) is 2.83. The van der Waals surface area contributed by atoms with Gasteiger partial charge < -0.3 is 24.9 Å². The first-order valence-corrected chi connectivity index (χ1v) is 6.29. The molecule has 9 heteroatoms. The zero-order chi connectivity index (χ0) is 15.1. The maximum Gasteiger partial charge on any atom is 0.334 e. The van der Waals surface area contributed by atoms with Crippen LogP contribution in [0.25, 0.3) is 0 Å². The van der Waals surface area contributed by atoms with E-state index in [0.717, 1.165) is 0 Å². The van der Waals surface area contributed by atoms with Crippen LogP contribution in [0.2, 0.25) is 0 Å². The van der Waals surface area contributed by atoms with Crippen molar-refractivity contribution in [3.05, 3.63) is 22.6 Å². The smallest absolute Gasteiger partial charge is 0.334 e. The van der Waals surface area contributed by atoms with E-state index < -0.39 is 23.9 Å². The Morgan fingerprint density at radius 1 is 1.40 bits per heavy atom. The van der Waals surface area contributed by atoms with Crippen molar-refractivity contribution in [1.29, 1.82) is 0 Å². The van der Waals surface area contributed by atoms with Gasteiger partial charge >= 0.3 is 5.97 Å². The molecule has 0 fully saturated rings. The molecule has 0 bridgehead atoms. The predicted octanol–water partition coefficient (Wildman–Crippen LogP) is -0.0123. The third-order valence-corrected chi connectivity index (χ3v) is 2.68. The number of hydrogen-bond donors (Lipinski definition) is 3. The van der Waals surface area contributed by atoms with E-state index >= 15 is 0 Å². The maximum atomic E-state index is 11.5. The number of hydrogen-bond acceptors (Lipinski definition) is 5. The second-order valence-electron chi connectivity index (χ2n) is 3.65. The Balaban J connectivity index is 2.33. The Morgan fingerprint density at radius 2 is 2.10 bits per heavy atom. The third-order valence-electron chi connectivity index (χ3n) is 2.25. The summed E-state index contributed by atoms with van der Waals surface area (Å²) < 4.78 is 10.0. The molecule has 0 aliphatic rings. The summed E-state index contributed by atoms with van der Waals surface area (Å²) in [5.41, 5.74) is 0. The number of ether oxygens (including phenoxy) is 1. The van der Waals surface area contributed by atoms with E-state index in [1.54, 1.807) is 6.07 Å². The van der Waals surface area contributed by atoms with E-state index in [2.05, 4.69) is 31.3 Å². The van der Waals surface area contributed by atoms with Crippen LogP contribution in [0.4, 0.5) is 0 Å². The lowest BCUT2D eigenvalue weighted by Gasteiger charge is -2.11. The molecule has 1 atom stereocenters. The molecule has 8 nitrogen and oxygen atoms in total. The van der Waals surface area contributed by atoms with Crippen molar-refractivity contribution in [2.75, 3.05) is 20.2 Å². The highest BCUT2D eigenvalue weighted by molar-refractivity contribution is 9.10. The number of carboxylic acids is 1. The van der Waals surface area contributed by atoms with Crippen LogP contribution < -0.4 is 10.6 Å². The van der Waals surface area contributed by atoms with Gasteiger partial charge in [0, 0.05) is 7.11 Å². The van der Waals surface area contributed by atoms with Gasteiger partial charge in [0.1, 0.15) is 0 Å². The molecule has 0 spiro atoms. The van der Waals surface area contributed by atoms with Gasteiger partial charge in [-0.3, -0.25) is 9.59 Å². The standard InChI is InChI=1S/C11H13BrN2O6/c1-19-7(11(17)18)4-13-9(15)5-14-10(16)6-2-3-8(12)20-6/h2-3,7H,4-5H2,1H3,(H,13,15)(H,14,16)(H,17,18). The average molecular weight is 349 g/mol. The molecule has 0 aliphatic heterocycles. The van der Waals surface area contributed by atoms with Crippen molar-refractivity contribution in [1.82, 2.24) is 10.6 Å². The van der Waals surface area contributed by atoms with Crippen molar-refractivity contribution < 1.29 is 28.6 Å². The lowest BCUT2D eigenvalue weighted by Crippen LogP contribution is -2.42. The van der Waals surface area contributed by atoms with Gasteiger partial charge in [-0.2, -0.15) is 0 Å². The summed E-state index contributed by atoms with van der Waals surface area (Å²) >= 11 is 3.05. The molecule has 0 saturated heterocycles. The minimum absolute atomic E-state index is 0.0602. The second-order valence-corrected chi connectivity index (χ2v) is 4.43. The number of nitrogens with one attached hydrogen (secondary N) is 2. The second kappa shape index (κ2) is 7.65. The lowest BCUT2D eigenvalue weighted by atomic mass is 10.3. The molecule has 3 N–H and O–H groups in total. The van der Waals surface area contributed by atoms with Crippen LogP contribution in [-0.4, -0.2) is 49.2 Å². The minimum Gasteiger partial charge on any atom is -0.479 e. The zero-order valence-electron chi connectivity index (χ0n) is 10.5. The molecule has 110 valence electrons. The third kappa shape index (κ3) is 5.02. The van der Waals surface area contributed by atoms with Gasteiger partial charge in [0.15, 0.2) is 16.5 Å². The van der Waals surface area contributed by atoms with Crippen LogP contribution in [0.1, 0.15) is 10.6 Å². The molecule has 0 aromatic carbocycles. The Kier molecular flexibility index (Phi) is 6.19. The number of carboxylic acid groups (broad SMARTS) is 1. The van der Waals surface area contributed by atoms with Crippen molar-refractivity contribution in [3.8, 4) is 0 Å². The first kappa shape index (κ1) is 16.2. The number of amides is 2. The molecule has 1 heterocycles. The van der Waals surface area contributed by atoms with E-state index in [1.165, 1.54) is 13.2 Å². The molecule has 0 aliphatic carbocycles. The summed E-state index contributed by atoms with van der Waals surface area (Å²) in [4.78, 5) is 33.6. The van der Waals surface area contributed by atoms with Gasteiger partial charge in [0.2, 0.25) is 5.91 Å². The van der Waals surface area contributed by atoms with Crippen molar-refractivity contribution in [3.63, 3.8) is 0 Å². The fraction of sp³-hybridized carbons (Fsp3) is 0.364. The van der Waals surface area contributed by atoms with E-state index in [0.29, 0.717) is 4.67 Å². The summed E-state index contributed by atoms with van der Waals surface area (Å²) in [6.07, 6.45) is -1.13. The first-order valence-electron chi connectivity index (χ1n) is 5.50. The number of carbonyl (C=O) groups is 3. The monoisotopic (exact) mass is 348 g/mol. The highest BCUT2D eigenvalue weighted by atomic mass is 79.9. The quantitative estimate of drug-likeness (QED) is 0.637. The number of halogens is 1. The van der Waals surface area contributed by atoms with E-state index in [9.17, 15) is 14.4 Å². The van der Waals surface area contributed by atoms with Gasteiger partial charge in [0.25, 0.3) is 5.91 Å². The van der Waals surface area contributed by atoms with Crippen LogP contribution in [0, 0.1) is 0 Å². The molecule has 1 aromatic heterocycles. The highest BCUT2D eigenvalue weighted by Crippen LogP contribution is 2.13. The molecule has 1 rings (SSSR count). The summed E-state index contributed by atoms with van der Waals surface area (Å²) in [7, 11) is 1.22. The summed E-state index contributed by atoms with van der Waals surface area (Å²) in [5, 5.41) is 13.3. The number of rotatable bonds is 7.